The molecule has 0 amide bonds. The maximum Gasteiger partial charge on any atom is 0.165 e. The van der Waals surface area contributed by atoms with Crippen molar-refractivity contribution < 1.29 is 4.79 Å². The molecule has 0 fully saturated rings. The lowest BCUT2D eigenvalue weighted by molar-refractivity contribution is 0.0938. The SMILES string of the molecule is CC(C)C(=O)c1ccc(CN)cc1CCN. The summed E-state index contributed by atoms with van der Waals surface area (Å²) >= 11 is 0. The van der Waals surface area contributed by atoms with E-state index in [2.05, 4.69) is 0 Å². The maximum atomic E-state index is 12.0. The fourth-order valence-electron chi connectivity index (χ4n) is 1.69. The van der Waals surface area contributed by atoms with E-state index in [1.807, 2.05) is 32.0 Å². The zero-order chi connectivity index (χ0) is 12.1. The number of Topliss-reactive ketones (excluding diaryl/α,β-unsaturated/α-hetero) is 1. The highest BCUT2D eigenvalue weighted by Crippen LogP contribution is 2.16. The van der Waals surface area contributed by atoms with Crippen LogP contribution in [0, 0.1) is 5.92 Å². The van der Waals surface area contributed by atoms with Crippen LogP contribution in [0.4, 0.5) is 0 Å². The van der Waals surface area contributed by atoms with Crippen molar-refractivity contribution in [2.24, 2.45) is 17.4 Å². The molecule has 0 saturated carbocycles. The summed E-state index contributed by atoms with van der Waals surface area (Å²) in [6.07, 6.45) is 0.724. The van der Waals surface area contributed by atoms with E-state index in [0.29, 0.717) is 13.1 Å². The third-order valence-electron chi connectivity index (χ3n) is 2.61. The Morgan fingerprint density at radius 3 is 2.50 bits per heavy atom. The van der Waals surface area contributed by atoms with Crippen LogP contribution in [0.25, 0.3) is 0 Å². The van der Waals surface area contributed by atoms with Crippen LogP contribution in [-0.4, -0.2) is 12.3 Å². The van der Waals surface area contributed by atoms with Gasteiger partial charge in [-0.3, -0.25) is 4.79 Å². The molecule has 0 heterocycles. The average Bonchev–Trinajstić information content (AvgIpc) is 2.28. The first-order valence-electron chi connectivity index (χ1n) is 5.66. The second kappa shape index (κ2) is 5.77. The van der Waals surface area contributed by atoms with E-state index in [1.165, 1.54) is 0 Å². The van der Waals surface area contributed by atoms with E-state index >= 15 is 0 Å². The first-order valence-corrected chi connectivity index (χ1v) is 5.66. The van der Waals surface area contributed by atoms with Crippen molar-refractivity contribution in [3.63, 3.8) is 0 Å². The molecule has 0 spiro atoms. The second-order valence-corrected chi connectivity index (χ2v) is 4.25. The number of hydrogen-bond acceptors (Lipinski definition) is 3. The maximum absolute atomic E-state index is 12.0. The summed E-state index contributed by atoms with van der Waals surface area (Å²) in [6, 6.07) is 5.77. The number of benzene rings is 1. The van der Waals surface area contributed by atoms with Crippen molar-refractivity contribution in [1.29, 1.82) is 0 Å². The first-order chi connectivity index (χ1) is 7.60. The van der Waals surface area contributed by atoms with Gasteiger partial charge in [0.1, 0.15) is 0 Å². The Morgan fingerprint density at radius 1 is 1.31 bits per heavy atom. The van der Waals surface area contributed by atoms with Gasteiger partial charge in [0.15, 0.2) is 5.78 Å². The third kappa shape index (κ3) is 2.90. The summed E-state index contributed by atoms with van der Waals surface area (Å²) in [6.45, 7) is 4.86. The quantitative estimate of drug-likeness (QED) is 0.739. The van der Waals surface area contributed by atoms with E-state index < -0.39 is 0 Å². The van der Waals surface area contributed by atoms with Crippen LogP contribution in [0.2, 0.25) is 0 Å². The molecule has 1 rings (SSSR count). The Labute approximate surface area is 96.8 Å². The Balaban J connectivity index is 3.12. The van der Waals surface area contributed by atoms with Gasteiger partial charge in [-0.25, -0.2) is 0 Å². The van der Waals surface area contributed by atoms with Crippen molar-refractivity contribution in [2.75, 3.05) is 6.54 Å². The lowest BCUT2D eigenvalue weighted by Gasteiger charge is -2.11. The highest BCUT2D eigenvalue weighted by molar-refractivity contribution is 5.98. The molecule has 88 valence electrons. The number of carbonyl (C=O) groups is 1. The van der Waals surface area contributed by atoms with E-state index in [-0.39, 0.29) is 11.7 Å². The Bertz CT molecular complexity index is 372. The molecule has 1 aromatic rings. The van der Waals surface area contributed by atoms with Crippen molar-refractivity contribution in [3.05, 3.63) is 34.9 Å². The summed E-state index contributed by atoms with van der Waals surface area (Å²) in [5, 5.41) is 0. The molecule has 4 N–H and O–H groups in total. The number of nitrogens with two attached hydrogens (primary N) is 2. The van der Waals surface area contributed by atoms with E-state index in [4.69, 9.17) is 11.5 Å². The molecule has 3 nitrogen and oxygen atoms in total. The van der Waals surface area contributed by atoms with Crippen molar-refractivity contribution in [2.45, 2.75) is 26.8 Å². The molecule has 3 heteroatoms. The van der Waals surface area contributed by atoms with Crippen LogP contribution < -0.4 is 11.5 Å². The van der Waals surface area contributed by atoms with Gasteiger partial charge in [-0.1, -0.05) is 32.0 Å². The molecule has 0 aromatic heterocycles. The van der Waals surface area contributed by atoms with Crippen molar-refractivity contribution in [1.82, 2.24) is 0 Å². The van der Waals surface area contributed by atoms with Gasteiger partial charge in [-0.2, -0.15) is 0 Å². The summed E-state index contributed by atoms with van der Waals surface area (Å²) in [5.41, 5.74) is 14.0. The lowest BCUT2D eigenvalue weighted by atomic mass is 9.93. The molecule has 0 aliphatic carbocycles. The summed E-state index contributed by atoms with van der Waals surface area (Å²) in [5.74, 6) is 0.187. The van der Waals surface area contributed by atoms with Gasteiger partial charge < -0.3 is 11.5 Å². The Morgan fingerprint density at radius 2 is 2.00 bits per heavy atom. The van der Waals surface area contributed by atoms with Gasteiger partial charge >= 0.3 is 0 Å². The molecule has 16 heavy (non-hydrogen) atoms. The van der Waals surface area contributed by atoms with Crippen LogP contribution in [0.15, 0.2) is 18.2 Å². The predicted octanol–water partition coefficient (Wildman–Crippen LogP) is 1.49. The minimum Gasteiger partial charge on any atom is -0.330 e. The van der Waals surface area contributed by atoms with Crippen LogP contribution >= 0.6 is 0 Å². The minimum atomic E-state index is 0.0141. The number of hydrogen-bond donors (Lipinski definition) is 2. The highest BCUT2D eigenvalue weighted by atomic mass is 16.1. The number of rotatable bonds is 5. The zero-order valence-corrected chi connectivity index (χ0v) is 9.99. The fourth-order valence-corrected chi connectivity index (χ4v) is 1.69. The molecule has 1 aromatic carbocycles. The van der Waals surface area contributed by atoms with Crippen LogP contribution in [0.3, 0.4) is 0 Å². The van der Waals surface area contributed by atoms with E-state index in [0.717, 1.165) is 23.1 Å². The van der Waals surface area contributed by atoms with E-state index in [9.17, 15) is 4.79 Å². The standard InChI is InChI=1S/C13H20N2O/c1-9(2)13(16)12-4-3-10(8-15)7-11(12)5-6-14/h3-4,7,9H,5-6,8,14-15H2,1-2H3. The smallest absolute Gasteiger partial charge is 0.165 e. The van der Waals surface area contributed by atoms with Crippen LogP contribution in [0.1, 0.15) is 35.3 Å². The van der Waals surface area contributed by atoms with Crippen molar-refractivity contribution >= 4 is 5.78 Å². The summed E-state index contributed by atoms with van der Waals surface area (Å²) < 4.78 is 0. The van der Waals surface area contributed by atoms with Crippen LogP contribution in [-0.2, 0) is 13.0 Å². The molecule has 0 aliphatic heterocycles. The minimum absolute atomic E-state index is 0.0141. The van der Waals surface area contributed by atoms with Gasteiger partial charge in [0.2, 0.25) is 0 Å². The highest BCUT2D eigenvalue weighted by Gasteiger charge is 2.14. The van der Waals surface area contributed by atoms with E-state index in [1.54, 1.807) is 0 Å². The first kappa shape index (κ1) is 12.9. The fraction of sp³-hybridized carbons (Fsp3) is 0.462. The van der Waals surface area contributed by atoms with Crippen LogP contribution in [0.5, 0.6) is 0 Å². The van der Waals surface area contributed by atoms with Gasteiger partial charge in [-0.05, 0) is 24.1 Å². The number of ketones is 1. The molecular formula is C13H20N2O. The van der Waals surface area contributed by atoms with Gasteiger partial charge in [0, 0.05) is 18.0 Å². The molecule has 0 unspecified atom stereocenters. The summed E-state index contributed by atoms with van der Waals surface area (Å²) in [4.78, 5) is 12.0. The number of carbonyl (C=O) groups excluding carboxylic acids is 1. The molecule has 0 radical (unpaired) electrons. The molecule has 0 atom stereocenters. The zero-order valence-electron chi connectivity index (χ0n) is 9.99. The Kier molecular flexibility index (Phi) is 4.65. The molecule has 0 saturated heterocycles. The topological polar surface area (TPSA) is 69.1 Å². The molecule has 0 aliphatic rings. The normalized spacial score (nSPS) is 10.8. The monoisotopic (exact) mass is 220 g/mol. The predicted molar refractivity (Wildman–Crippen MR) is 66.3 cm³/mol. The van der Waals surface area contributed by atoms with Crippen molar-refractivity contribution in [3.8, 4) is 0 Å². The summed E-state index contributed by atoms with van der Waals surface area (Å²) in [7, 11) is 0. The average molecular weight is 220 g/mol. The second-order valence-electron chi connectivity index (χ2n) is 4.25. The lowest BCUT2D eigenvalue weighted by Crippen LogP contribution is -2.14. The van der Waals surface area contributed by atoms with Gasteiger partial charge in [-0.15, -0.1) is 0 Å². The van der Waals surface area contributed by atoms with Gasteiger partial charge in [0.25, 0.3) is 0 Å². The Hall–Kier alpha value is -1.19. The largest absolute Gasteiger partial charge is 0.330 e. The third-order valence-corrected chi connectivity index (χ3v) is 2.61. The molecular weight excluding hydrogens is 200 g/mol. The van der Waals surface area contributed by atoms with Gasteiger partial charge in [0.05, 0.1) is 0 Å². The molecule has 0 bridgehead atoms.